The topological polar surface area (TPSA) is 99.5 Å². The second kappa shape index (κ2) is 5.89. The van der Waals surface area contributed by atoms with Crippen molar-refractivity contribution in [2.75, 3.05) is 18.5 Å². The maximum absolute atomic E-state index is 8.89. The van der Waals surface area contributed by atoms with Gasteiger partial charge in [-0.3, -0.25) is 5.10 Å². The number of hydrogen-bond donors (Lipinski definition) is 2. The third-order valence-corrected chi connectivity index (χ3v) is 3.52. The van der Waals surface area contributed by atoms with Crippen LogP contribution in [-0.2, 0) is 11.2 Å². The molecule has 21 heavy (non-hydrogen) atoms. The van der Waals surface area contributed by atoms with E-state index in [9.17, 15) is 0 Å². The van der Waals surface area contributed by atoms with Gasteiger partial charge in [-0.1, -0.05) is 6.92 Å². The van der Waals surface area contributed by atoms with Gasteiger partial charge in [0.25, 0.3) is 0 Å². The van der Waals surface area contributed by atoms with Crippen molar-refractivity contribution in [3.8, 4) is 6.07 Å². The van der Waals surface area contributed by atoms with Gasteiger partial charge >= 0.3 is 0 Å². The molecule has 0 bridgehead atoms. The molecule has 108 valence electrons. The average molecular weight is 284 g/mol. The zero-order valence-electron chi connectivity index (χ0n) is 11.7. The Morgan fingerprint density at radius 3 is 3.19 bits per heavy atom. The third-order valence-electron chi connectivity index (χ3n) is 3.52. The van der Waals surface area contributed by atoms with Gasteiger partial charge in [-0.2, -0.15) is 10.4 Å². The van der Waals surface area contributed by atoms with Crippen LogP contribution < -0.4 is 5.32 Å². The van der Waals surface area contributed by atoms with Crippen molar-refractivity contribution in [3.63, 3.8) is 0 Å². The first kappa shape index (κ1) is 13.5. The molecule has 0 radical (unpaired) electrons. The predicted octanol–water partition coefficient (Wildman–Crippen LogP) is 1.23. The van der Waals surface area contributed by atoms with Gasteiger partial charge in [0.1, 0.15) is 17.6 Å². The number of nitriles is 1. The Kier molecular flexibility index (Phi) is 3.79. The predicted molar refractivity (Wildman–Crippen MR) is 75.7 cm³/mol. The molecule has 0 unspecified atom stereocenters. The SMILES string of the molecule is CCc1nc([C@@H]2COC[C@@H]2Nc2ccnc(C#N)c2)n[nH]1. The second-order valence-corrected chi connectivity index (χ2v) is 4.93. The third kappa shape index (κ3) is 2.85. The molecule has 0 aliphatic carbocycles. The lowest BCUT2D eigenvalue weighted by Crippen LogP contribution is -2.27. The van der Waals surface area contributed by atoms with Crippen molar-refractivity contribution < 1.29 is 4.74 Å². The minimum atomic E-state index is 0.0828. The van der Waals surface area contributed by atoms with E-state index in [0.29, 0.717) is 18.9 Å². The number of hydrogen-bond acceptors (Lipinski definition) is 6. The van der Waals surface area contributed by atoms with E-state index in [2.05, 4.69) is 25.5 Å². The summed E-state index contributed by atoms with van der Waals surface area (Å²) >= 11 is 0. The van der Waals surface area contributed by atoms with E-state index in [4.69, 9.17) is 10.00 Å². The van der Waals surface area contributed by atoms with Gasteiger partial charge in [0, 0.05) is 18.3 Å². The summed E-state index contributed by atoms with van der Waals surface area (Å²) in [6.45, 7) is 3.21. The van der Waals surface area contributed by atoms with Gasteiger partial charge < -0.3 is 10.1 Å². The van der Waals surface area contributed by atoms with E-state index >= 15 is 0 Å². The summed E-state index contributed by atoms with van der Waals surface area (Å²) < 4.78 is 5.56. The Morgan fingerprint density at radius 2 is 2.43 bits per heavy atom. The van der Waals surface area contributed by atoms with Gasteiger partial charge in [-0.05, 0) is 12.1 Å². The number of aromatic nitrogens is 4. The van der Waals surface area contributed by atoms with Gasteiger partial charge in [-0.25, -0.2) is 9.97 Å². The number of H-pyrrole nitrogens is 1. The molecule has 1 saturated heterocycles. The van der Waals surface area contributed by atoms with Crippen LogP contribution in [0.15, 0.2) is 18.3 Å². The number of anilines is 1. The highest BCUT2D eigenvalue weighted by Crippen LogP contribution is 2.26. The summed E-state index contributed by atoms with van der Waals surface area (Å²) in [5.41, 5.74) is 1.25. The highest BCUT2D eigenvalue weighted by molar-refractivity contribution is 5.47. The van der Waals surface area contributed by atoms with Crippen molar-refractivity contribution >= 4 is 5.69 Å². The Bertz CT molecular complexity index is 661. The molecule has 2 aromatic rings. The van der Waals surface area contributed by atoms with Crippen LogP contribution in [0, 0.1) is 11.3 Å². The molecule has 0 amide bonds. The van der Waals surface area contributed by atoms with E-state index < -0.39 is 0 Å². The van der Waals surface area contributed by atoms with Crippen LogP contribution in [0.4, 0.5) is 5.69 Å². The van der Waals surface area contributed by atoms with Crippen LogP contribution >= 0.6 is 0 Å². The standard InChI is InChI=1S/C14H16N6O/c1-2-13-18-14(20-19-13)11-7-21-8-12(11)17-9-3-4-16-10(5-9)6-15/h3-5,11-12H,2,7-8H2,1H3,(H,16,17)(H,18,19,20)/t11-,12+/m1/s1. The first-order chi connectivity index (χ1) is 10.3. The molecule has 3 rings (SSSR count). The molecule has 2 atom stereocenters. The molecule has 3 heterocycles. The normalized spacial score (nSPS) is 21.1. The van der Waals surface area contributed by atoms with Crippen LogP contribution in [-0.4, -0.2) is 39.4 Å². The second-order valence-electron chi connectivity index (χ2n) is 4.93. The number of nitrogens with one attached hydrogen (secondary N) is 2. The lowest BCUT2D eigenvalue weighted by atomic mass is 10.0. The summed E-state index contributed by atoms with van der Waals surface area (Å²) in [5, 5.41) is 19.5. The highest BCUT2D eigenvalue weighted by Gasteiger charge is 2.32. The lowest BCUT2D eigenvalue weighted by Gasteiger charge is -2.17. The first-order valence-electron chi connectivity index (χ1n) is 6.91. The number of pyridine rings is 1. The Morgan fingerprint density at radius 1 is 1.52 bits per heavy atom. The fourth-order valence-electron chi connectivity index (χ4n) is 2.38. The van der Waals surface area contributed by atoms with Crippen LogP contribution in [0.1, 0.15) is 30.2 Å². The molecule has 2 aromatic heterocycles. The first-order valence-corrected chi connectivity index (χ1v) is 6.91. The van der Waals surface area contributed by atoms with Gasteiger partial charge in [0.2, 0.25) is 0 Å². The molecule has 0 spiro atoms. The van der Waals surface area contributed by atoms with Gasteiger partial charge in [0.05, 0.1) is 25.2 Å². The average Bonchev–Trinajstić information content (AvgIpc) is 3.16. The maximum atomic E-state index is 8.89. The van der Waals surface area contributed by atoms with Gasteiger partial charge in [0.15, 0.2) is 5.82 Å². The lowest BCUT2D eigenvalue weighted by molar-refractivity contribution is 0.191. The molecule has 2 N–H and O–H groups in total. The van der Waals surface area contributed by atoms with E-state index in [-0.39, 0.29) is 12.0 Å². The minimum absolute atomic E-state index is 0.0828. The van der Waals surface area contributed by atoms with Crippen LogP contribution in [0.25, 0.3) is 0 Å². The molecule has 1 aliphatic rings. The minimum Gasteiger partial charge on any atom is -0.379 e. The molecular weight excluding hydrogens is 268 g/mol. The van der Waals surface area contributed by atoms with Crippen LogP contribution in [0.5, 0.6) is 0 Å². The zero-order valence-corrected chi connectivity index (χ0v) is 11.7. The van der Waals surface area contributed by atoms with Crippen molar-refractivity contribution in [1.29, 1.82) is 5.26 Å². The molecule has 0 aromatic carbocycles. The molecular formula is C14H16N6O. The monoisotopic (exact) mass is 284 g/mol. The largest absolute Gasteiger partial charge is 0.379 e. The number of rotatable bonds is 4. The fourth-order valence-corrected chi connectivity index (χ4v) is 2.38. The Hall–Kier alpha value is -2.46. The van der Waals surface area contributed by atoms with E-state index in [1.54, 1.807) is 12.3 Å². The zero-order chi connectivity index (χ0) is 14.7. The molecule has 7 heteroatoms. The number of ether oxygens (including phenoxy) is 1. The highest BCUT2D eigenvalue weighted by atomic mass is 16.5. The Balaban J connectivity index is 1.76. The van der Waals surface area contributed by atoms with E-state index in [1.165, 1.54) is 0 Å². The maximum Gasteiger partial charge on any atom is 0.158 e. The molecule has 0 saturated carbocycles. The summed E-state index contributed by atoms with van der Waals surface area (Å²) in [6.07, 6.45) is 2.45. The van der Waals surface area contributed by atoms with Gasteiger partial charge in [-0.15, -0.1) is 0 Å². The molecule has 1 aliphatic heterocycles. The summed E-state index contributed by atoms with van der Waals surface area (Å²) in [7, 11) is 0. The summed E-state index contributed by atoms with van der Waals surface area (Å²) in [5.74, 6) is 1.75. The van der Waals surface area contributed by atoms with Crippen LogP contribution in [0.3, 0.4) is 0 Å². The fraction of sp³-hybridized carbons (Fsp3) is 0.429. The quantitative estimate of drug-likeness (QED) is 0.876. The number of aromatic amines is 1. The summed E-state index contributed by atoms with van der Waals surface area (Å²) in [6, 6.07) is 5.68. The summed E-state index contributed by atoms with van der Waals surface area (Å²) in [4.78, 5) is 8.45. The van der Waals surface area contributed by atoms with Crippen molar-refractivity contribution in [2.24, 2.45) is 0 Å². The number of aryl methyl sites for hydroxylation is 1. The Labute approximate surface area is 122 Å². The van der Waals surface area contributed by atoms with Crippen molar-refractivity contribution in [1.82, 2.24) is 20.2 Å². The van der Waals surface area contributed by atoms with Crippen molar-refractivity contribution in [3.05, 3.63) is 35.7 Å². The molecule has 1 fully saturated rings. The van der Waals surface area contributed by atoms with E-state index in [0.717, 1.165) is 23.8 Å². The smallest absolute Gasteiger partial charge is 0.158 e. The number of nitrogens with zero attached hydrogens (tertiary/aromatic N) is 4. The van der Waals surface area contributed by atoms with Crippen LogP contribution in [0.2, 0.25) is 0 Å². The van der Waals surface area contributed by atoms with Crippen molar-refractivity contribution in [2.45, 2.75) is 25.3 Å². The van der Waals surface area contributed by atoms with E-state index in [1.807, 2.05) is 19.1 Å². The molecule has 7 nitrogen and oxygen atoms in total.